The van der Waals surface area contributed by atoms with Crippen LogP contribution >= 0.6 is 11.3 Å². The molecule has 0 aliphatic carbocycles. The minimum absolute atomic E-state index is 0.357. The molecular weight excluding hydrogens is 386 g/mol. The number of aromatic nitrogens is 1. The minimum atomic E-state index is -1.25. The van der Waals surface area contributed by atoms with E-state index < -0.39 is 35.3 Å². The number of hydrogen-bond acceptors (Lipinski definition) is 4. The van der Waals surface area contributed by atoms with Gasteiger partial charge in [-0.15, -0.1) is 11.3 Å². The Kier molecular flexibility index (Phi) is 5.60. The molecule has 0 unspecified atom stereocenters. The van der Waals surface area contributed by atoms with Crippen molar-refractivity contribution in [2.75, 3.05) is 5.32 Å². The molecule has 0 radical (unpaired) electrons. The summed E-state index contributed by atoms with van der Waals surface area (Å²) in [6.07, 6.45) is 2.36. The predicted octanol–water partition coefficient (Wildman–Crippen LogP) is 4.62. The van der Waals surface area contributed by atoms with Gasteiger partial charge in [-0.3, -0.25) is 4.79 Å². The third-order valence-electron chi connectivity index (χ3n) is 4.27. The van der Waals surface area contributed by atoms with E-state index in [-0.39, 0.29) is 0 Å². The Bertz CT molecular complexity index is 1010. The quantitative estimate of drug-likeness (QED) is 0.632. The fourth-order valence-corrected chi connectivity index (χ4v) is 3.73. The summed E-state index contributed by atoms with van der Waals surface area (Å²) in [5, 5.41) is 2.81. The van der Waals surface area contributed by atoms with Crippen molar-refractivity contribution in [2.24, 2.45) is 0 Å². The van der Waals surface area contributed by atoms with E-state index >= 15 is 0 Å². The molecule has 1 amide bonds. The maximum absolute atomic E-state index is 13.7. The van der Waals surface area contributed by atoms with Crippen molar-refractivity contribution < 1.29 is 23.1 Å². The van der Waals surface area contributed by atoms with Gasteiger partial charge in [-0.05, 0) is 50.6 Å². The zero-order valence-electron chi connectivity index (χ0n) is 15.5. The first-order chi connectivity index (χ1) is 13.3. The molecule has 1 N–H and O–H groups in total. The molecular formula is C20H18F2N2O3S. The summed E-state index contributed by atoms with van der Waals surface area (Å²) >= 11 is 1.43. The zero-order valence-corrected chi connectivity index (χ0v) is 16.3. The van der Waals surface area contributed by atoms with E-state index in [1.54, 1.807) is 23.9 Å². The number of esters is 1. The second-order valence-corrected chi connectivity index (χ2v) is 7.39. The number of anilines is 1. The smallest absolute Gasteiger partial charge is 0.342 e. The van der Waals surface area contributed by atoms with Crippen molar-refractivity contribution in [3.8, 4) is 5.00 Å². The molecule has 0 saturated heterocycles. The number of benzene rings is 1. The molecule has 146 valence electrons. The standard InChI is InChI=1S/C20H18F2N2O3S/c1-11-13(3)28-19(24-9-4-5-10-24)16(11)20(26)27-12(2)18(25)23-17-14(21)7-6-8-15(17)22/h4-10,12H,1-3H3,(H,23,25)/t12-/m0/s1. The first kappa shape index (κ1) is 19.8. The van der Waals surface area contributed by atoms with Crippen LogP contribution in [0.5, 0.6) is 0 Å². The van der Waals surface area contributed by atoms with Crippen molar-refractivity contribution >= 4 is 28.9 Å². The second kappa shape index (κ2) is 7.93. The maximum atomic E-state index is 13.7. The van der Waals surface area contributed by atoms with Crippen LogP contribution in [0, 0.1) is 25.5 Å². The number of aryl methyl sites for hydroxylation is 1. The fraction of sp³-hybridized carbons (Fsp3) is 0.200. The molecule has 3 rings (SSSR count). The molecule has 0 saturated carbocycles. The van der Waals surface area contributed by atoms with Gasteiger partial charge in [0.15, 0.2) is 6.10 Å². The van der Waals surface area contributed by atoms with Gasteiger partial charge in [0.2, 0.25) is 0 Å². The minimum Gasteiger partial charge on any atom is -0.449 e. The number of nitrogens with one attached hydrogen (secondary N) is 1. The van der Waals surface area contributed by atoms with Crippen LogP contribution in [-0.2, 0) is 9.53 Å². The third-order valence-corrected chi connectivity index (χ3v) is 5.49. The van der Waals surface area contributed by atoms with Gasteiger partial charge in [-0.25, -0.2) is 13.6 Å². The summed E-state index contributed by atoms with van der Waals surface area (Å²) in [5.41, 5.74) is 0.535. The van der Waals surface area contributed by atoms with Crippen molar-refractivity contribution in [1.82, 2.24) is 4.57 Å². The number of halogens is 2. The average molecular weight is 404 g/mol. The Morgan fingerprint density at radius 2 is 1.71 bits per heavy atom. The van der Waals surface area contributed by atoms with Crippen LogP contribution in [0.15, 0.2) is 42.7 Å². The largest absolute Gasteiger partial charge is 0.449 e. The van der Waals surface area contributed by atoms with Gasteiger partial charge >= 0.3 is 5.97 Å². The monoisotopic (exact) mass is 404 g/mol. The highest BCUT2D eigenvalue weighted by molar-refractivity contribution is 7.15. The zero-order chi connectivity index (χ0) is 20.4. The van der Waals surface area contributed by atoms with E-state index in [2.05, 4.69) is 5.32 Å². The van der Waals surface area contributed by atoms with E-state index in [0.717, 1.165) is 22.6 Å². The number of amides is 1. The Morgan fingerprint density at radius 3 is 2.32 bits per heavy atom. The highest BCUT2D eigenvalue weighted by Crippen LogP contribution is 2.32. The number of ether oxygens (including phenoxy) is 1. The molecule has 0 spiro atoms. The Morgan fingerprint density at radius 1 is 1.11 bits per heavy atom. The molecule has 8 heteroatoms. The third kappa shape index (κ3) is 3.82. The van der Waals surface area contributed by atoms with Crippen LogP contribution in [0.2, 0.25) is 0 Å². The van der Waals surface area contributed by atoms with E-state index in [1.807, 2.05) is 19.1 Å². The summed E-state index contributed by atoms with van der Waals surface area (Å²) in [4.78, 5) is 25.9. The lowest BCUT2D eigenvalue weighted by molar-refractivity contribution is -0.123. The summed E-state index contributed by atoms with van der Waals surface area (Å²) in [6.45, 7) is 5.03. The molecule has 0 aliphatic heterocycles. The van der Waals surface area contributed by atoms with Crippen LogP contribution in [0.25, 0.3) is 5.00 Å². The molecule has 3 aromatic rings. The van der Waals surface area contributed by atoms with Gasteiger partial charge in [-0.2, -0.15) is 0 Å². The van der Waals surface area contributed by atoms with E-state index in [1.165, 1.54) is 24.3 Å². The number of para-hydroxylation sites is 1. The highest BCUT2D eigenvalue weighted by atomic mass is 32.1. The molecule has 1 aromatic carbocycles. The molecule has 28 heavy (non-hydrogen) atoms. The van der Waals surface area contributed by atoms with Crippen LogP contribution in [0.3, 0.4) is 0 Å². The molecule has 0 aliphatic rings. The SMILES string of the molecule is Cc1sc(-n2cccc2)c(C(=O)O[C@@H](C)C(=O)Nc2c(F)cccc2F)c1C. The van der Waals surface area contributed by atoms with Crippen LogP contribution in [0.1, 0.15) is 27.7 Å². The van der Waals surface area contributed by atoms with Gasteiger partial charge in [0, 0.05) is 17.3 Å². The number of hydrogen-bond donors (Lipinski definition) is 1. The lowest BCUT2D eigenvalue weighted by atomic mass is 10.1. The summed E-state index contributed by atoms with van der Waals surface area (Å²) in [6, 6.07) is 6.90. The molecule has 2 aromatic heterocycles. The lowest BCUT2D eigenvalue weighted by Crippen LogP contribution is -2.31. The molecule has 1 atom stereocenters. The van der Waals surface area contributed by atoms with Crippen LogP contribution < -0.4 is 5.32 Å². The fourth-order valence-electron chi connectivity index (χ4n) is 2.62. The van der Waals surface area contributed by atoms with Gasteiger partial charge in [-0.1, -0.05) is 6.07 Å². The van der Waals surface area contributed by atoms with Crippen molar-refractivity contribution in [1.29, 1.82) is 0 Å². The van der Waals surface area contributed by atoms with Gasteiger partial charge < -0.3 is 14.6 Å². The average Bonchev–Trinajstić information content (AvgIpc) is 3.27. The van der Waals surface area contributed by atoms with Crippen molar-refractivity contribution in [2.45, 2.75) is 26.9 Å². The topological polar surface area (TPSA) is 60.3 Å². The van der Waals surface area contributed by atoms with Crippen molar-refractivity contribution in [3.63, 3.8) is 0 Å². The van der Waals surface area contributed by atoms with Gasteiger partial charge in [0.05, 0.1) is 5.56 Å². The Balaban J connectivity index is 1.79. The van der Waals surface area contributed by atoms with Crippen LogP contribution in [-0.4, -0.2) is 22.5 Å². The molecule has 0 fully saturated rings. The highest BCUT2D eigenvalue weighted by Gasteiger charge is 2.26. The van der Waals surface area contributed by atoms with Gasteiger partial charge in [0.1, 0.15) is 22.3 Å². The second-order valence-electron chi connectivity index (χ2n) is 6.19. The number of thiophene rings is 1. The molecule has 0 bridgehead atoms. The lowest BCUT2D eigenvalue weighted by Gasteiger charge is -2.15. The van der Waals surface area contributed by atoms with Gasteiger partial charge in [0.25, 0.3) is 5.91 Å². The van der Waals surface area contributed by atoms with E-state index in [9.17, 15) is 18.4 Å². The first-order valence-electron chi connectivity index (χ1n) is 8.48. The number of carbonyl (C=O) groups excluding carboxylic acids is 2. The number of rotatable bonds is 5. The van der Waals surface area contributed by atoms with Crippen molar-refractivity contribution in [3.05, 3.63) is 70.4 Å². The number of nitrogens with zero attached hydrogens (tertiary/aromatic N) is 1. The summed E-state index contributed by atoms with van der Waals surface area (Å²) < 4.78 is 34.5. The Hall–Kier alpha value is -3.00. The molecule has 5 nitrogen and oxygen atoms in total. The number of carbonyl (C=O) groups is 2. The maximum Gasteiger partial charge on any atom is 0.342 e. The van der Waals surface area contributed by atoms with E-state index in [4.69, 9.17) is 4.74 Å². The van der Waals surface area contributed by atoms with E-state index in [0.29, 0.717) is 10.6 Å². The normalized spacial score (nSPS) is 11.9. The Labute approximate surface area is 164 Å². The predicted molar refractivity (Wildman–Crippen MR) is 103 cm³/mol. The summed E-state index contributed by atoms with van der Waals surface area (Å²) in [7, 11) is 0. The molecule has 2 heterocycles. The van der Waals surface area contributed by atoms with Crippen LogP contribution in [0.4, 0.5) is 14.5 Å². The first-order valence-corrected chi connectivity index (χ1v) is 9.30. The summed E-state index contributed by atoms with van der Waals surface area (Å²) in [5.74, 6) is -3.33.